The summed E-state index contributed by atoms with van der Waals surface area (Å²) in [4.78, 5) is 22.9. The van der Waals surface area contributed by atoms with E-state index in [0.717, 1.165) is 68.1 Å². The Morgan fingerprint density at radius 1 is 1.18 bits per heavy atom. The number of pyridine rings is 1. The van der Waals surface area contributed by atoms with Gasteiger partial charge in [-0.15, -0.1) is 0 Å². The molecule has 4 aliphatic heterocycles. The number of rotatable bonds is 2. The molecule has 0 aliphatic carbocycles. The Kier molecular flexibility index (Phi) is 4.95. The number of aromatic nitrogens is 2. The summed E-state index contributed by atoms with van der Waals surface area (Å²) < 4.78 is 1.74. The number of hydrazine groups is 1. The molecule has 3 atom stereocenters. The molecular weight excluding hydrogens is 416 g/mol. The number of carbonyl (C=O) groups excluding carboxylic acids is 1. The van der Waals surface area contributed by atoms with Crippen molar-refractivity contribution in [3.8, 4) is 0 Å². The van der Waals surface area contributed by atoms with Crippen LogP contribution in [0.1, 0.15) is 43.1 Å². The van der Waals surface area contributed by atoms with Gasteiger partial charge in [0.2, 0.25) is 0 Å². The number of aliphatic imine (C=N–C) groups is 1. The molecule has 2 fully saturated rings. The molecular formula is C24H30N8O. The first-order valence-corrected chi connectivity index (χ1v) is 11.9. The van der Waals surface area contributed by atoms with E-state index in [9.17, 15) is 4.79 Å². The van der Waals surface area contributed by atoms with Crippen LogP contribution < -0.4 is 11.2 Å². The molecule has 2 saturated heterocycles. The Hall–Kier alpha value is -3.17. The first-order valence-electron chi connectivity index (χ1n) is 11.9. The third kappa shape index (κ3) is 3.52. The van der Waals surface area contributed by atoms with E-state index in [2.05, 4.69) is 34.6 Å². The average molecular weight is 447 g/mol. The van der Waals surface area contributed by atoms with Crippen molar-refractivity contribution in [3.63, 3.8) is 0 Å². The number of hydrogen-bond donors (Lipinski definition) is 2. The predicted octanol–water partition coefficient (Wildman–Crippen LogP) is 1.71. The van der Waals surface area contributed by atoms with Gasteiger partial charge in [0.25, 0.3) is 5.91 Å². The van der Waals surface area contributed by atoms with Gasteiger partial charge in [0.05, 0.1) is 23.8 Å². The Morgan fingerprint density at radius 2 is 2.09 bits per heavy atom. The van der Waals surface area contributed by atoms with Crippen molar-refractivity contribution in [1.82, 2.24) is 29.8 Å². The second-order valence-electron chi connectivity index (χ2n) is 9.43. The molecule has 0 bridgehead atoms. The molecule has 3 unspecified atom stereocenters. The molecule has 4 aliphatic rings. The van der Waals surface area contributed by atoms with E-state index in [1.807, 2.05) is 34.2 Å². The van der Waals surface area contributed by atoms with Gasteiger partial charge in [0.1, 0.15) is 17.4 Å². The maximum atomic E-state index is 13.6. The van der Waals surface area contributed by atoms with Crippen LogP contribution in [-0.2, 0) is 0 Å². The van der Waals surface area contributed by atoms with Crippen molar-refractivity contribution in [2.24, 2.45) is 10.7 Å². The molecule has 33 heavy (non-hydrogen) atoms. The van der Waals surface area contributed by atoms with Crippen molar-refractivity contribution in [1.29, 1.82) is 0 Å². The monoisotopic (exact) mass is 446 g/mol. The molecule has 2 aromatic rings. The van der Waals surface area contributed by atoms with Crippen molar-refractivity contribution >= 4 is 17.3 Å². The molecule has 6 heterocycles. The van der Waals surface area contributed by atoms with Crippen LogP contribution in [0.5, 0.6) is 0 Å². The first kappa shape index (κ1) is 20.4. The van der Waals surface area contributed by atoms with Crippen molar-refractivity contribution < 1.29 is 4.79 Å². The minimum absolute atomic E-state index is 0.00839. The van der Waals surface area contributed by atoms with Gasteiger partial charge in [-0.25, -0.2) is 14.9 Å². The fraction of sp³-hybridized carbons (Fsp3) is 0.458. The molecule has 0 saturated carbocycles. The number of nitrogens with two attached hydrogens (primary N) is 1. The van der Waals surface area contributed by atoms with Crippen LogP contribution in [0.15, 0.2) is 59.1 Å². The molecule has 0 aromatic carbocycles. The van der Waals surface area contributed by atoms with Gasteiger partial charge in [0.15, 0.2) is 0 Å². The highest BCUT2D eigenvalue weighted by Gasteiger charge is 2.38. The van der Waals surface area contributed by atoms with Crippen LogP contribution in [0.4, 0.5) is 0 Å². The zero-order valence-electron chi connectivity index (χ0n) is 18.9. The van der Waals surface area contributed by atoms with Crippen molar-refractivity contribution in [2.75, 3.05) is 19.6 Å². The second kappa shape index (κ2) is 8.00. The smallest absolute Gasteiger partial charge is 0.272 e. The number of piperidine rings is 1. The molecule has 2 aromatic heterocycles. The molecule has 9 nitrogen and oxygen atoms in total. The minimum Gasteiger partial charge on any atom is -0.355 e. The summed E-state index contributed by atoms with van der Waals surface area (Å²) >= 11 is 0. The van der Waals surface area contributed by atoms with Crippen molar-refractivity contribution in [3.05, 3.63) is 59.8 Å². The first-order chi connectivity index (χ1) is 16.1. The van der Waals surface area contributed by atoms with Gasteiger partial charge in [-0.1, -0.05) is 6.07 Å². The van der Waals surface area contributed by atoms with Crippen LogP contribution in [0.3, 0.4) is 0 Å². The number of carbonyl (C=O) groups is 1. The minimum atomic E-state index is 0.00839. The fourth-order valence-electron chi connectivity index (χ4n) is 5.49. The van der Waals surface area contributed by atoms with E-state index < -0.39 is 0 Å². The van der Waals surface area contributed by atoms with Crippen molar-refractivity contribution in [2.45, 2.75) is 50.7 Å². The summed E-state index contributed by atoms with van der Waals surface area (Å²) in [6.07, 6.45) is 10.1. The number of amidine groups is 1. The van der Waals surface area contributed by atoms with E-state index in [-0.39, 0.29) is 24.0 Å². The number of nitrogens with zero attached hydrogens (tertiary/aromatic N) is 6. The summed E-state index contributed by atoms with van der Waals surface area (Å²) in [5.74, 6) is 1.93. The van der Waals surface area contributed by atoms with Gasteiger partial charge in [-0.2, -0.15) is 5.10 Å². The van der Waals surface area contributed by atoms with Crippen LogP contribution >= 0.6 is 0 Å². The zero-order chi connectivity index (χ0) is 22.5. The lowest BCUT2D eigenvalue weighted by atomic mass is 9.95. The van der Waals surface area contributed by atoms with Gasteiger partial charge >= 0.3 is 0 Å². The lowest BCUT2D eigenvalue weighted by Gasteiger charge is -2.39. The quantitative estimate of drug-likeness (QED) is 0.729. The third-order valence-corrected chi connectivity index (χ3v) is 7.15. The summed E-state index contributed by atoms with van der Waals surface area (Å²) in [5.41, 5.74) is 12.4. The molecule has 0 spiro atoms. The molecule has 1 amide bonds. The fourth-order valence-corrected chi connectivity index (χ4v) is 5.49. The molecule has 3 N–H and O–H groups in total. The Labute approximate surface area is 193 Å². The third-order valence-electron chi connectivity index (χ3n) is 7.15. The van der Waals surface area contributed by atoms with E-state index in [1.54, 1.807) is 10.7 Å². The van der Waals surface area contributed by atoms with Gasteiger partial charge in [-0.3, -0.25) is 9.80 Å². The van der Waals surface area contributed by atoms with E-state index in [0.29, 0.717) is 5.69 Å². The summed E-state index contributed by atoms with van der Waals surface area (Å²) in [7, 11) is 0. The average Bonchev–Trinajstić information content (AvgIpc) is 3.57. The second-order valence-corrected chi connectivity index (χ2v) is 9.43. The maximum Gasteiger partial charge on any atom is 0.272 e. The number of fused-ring (bicyclic) bond motifs is 2. The standard InChI is InChI=1S/C24H30N8O/c1-16-14-31-22(27-23(16)29-12-9-17(25)15-29)13-19(28-31)20-6-2-3-11-30(20)24(33)21-7-4-5-18-8-10-26-32(18)21/h4-5,7-8,10,13-14,17,19-20,28H,2-3,6,9,11-12,15,25H2,1H3. The van der Waals surface area contributed by atoms with E-state index in [1.165, 1.54) is 0 Å². The van der Waals surface area contributed by atoms with E-state index in [4.69, 9.17) is 10.7 Å². The lowest BCUT2D eigenvalue weighted by Crippen LogP contribution is -2.54. The molecule has 172 valence electrons. The Bertz CT molecular complexity index is 1180. The number of nitrogens with one attached hydrogen (secondary N) is 1. The summed E-state index contributed by atoms with van der Waals surface area (Å²) in [6, 6.07) is 7.95. The Morgan fingerprint density at radius 3 is 2.94 bits per heavy atom. The molecule has 6 rings (SSSR count). The van der Waals surface area contributed by atoms with Crippen LogP contribution in [0.2, 0.25) is 0 Å². The predicted molar refractivity (Wildman–Crippen MR) is 126 cm³/mol. The van der Waals surface area contributed by atoms with Crippen LogP contribution in [-0.4, -0.2) is 73.9 Å². The largest absolute Gasteiger partial charge is 0.355 e. The highest BCUT2D eigenvalue weighted by atomic mass is 16.2. The topological polar surface area (TPSA) is 94.5 Å². The summed E-state index contributed by atoms with van der Waals surface area (Å²) in [6.45, 7) is 4.63. The normalized spacial score (nSPS) is 27.5. The number of amides is 1. The highest BCUT2D eigenvalue weighted by molar-refractivity contribution is 5.99. The zero-order valence-corrected chi connectivity index (χ0v) is 18.9. The van der Waals surface area contributed by atoms with Crippen LogP contribution in [0, 0.1) is 0 Å². The molecule has 9 heteroatoms. The highest BCUT2D eigenvalue weighted by Crippen LogP contribution is 2.30. The van der Waals surface area contributed by atoms with E-state index >= 15 is 0 Å². The van der Waals surface area contributed by atoms with Gasteiger partial charge in [0, 0.05) is 37.4 Å². The number of hydrogen-bond acceptors (Lipinski definition) is 7. The van der Waals surface area contributed by atoms with Crippen LogP contribution in [0.25, 0.3) is 5.52 Å². The molecule has 0 radical (unpaired) electrons. The SMILES string of the molecule is CC1=CN2NC(C3CCCCN3C(=O)c3cccc4ccnn34)C=C2N=C1N1CCC(N)C1. The number of likely N-dealkylation sites (tertiary alicyclic amines) is 2. The lowest BCUT2D eigenvalue weighted by molar-refractivity contribution is 0.0552. The summed E-state index contributed by atoms with van der Waals surface area (Å²) in [5, 5.41) is 6.37. The maximum absolute atomic E-state index is 13.6. The van der Waals surface area contributed by atoms with Gasteiger partial charge in [-0.05, 0) is 56.9 Å². The van der Waals surface area contributed by atoms with Gasteiger partial charge < -0.3 is 15.5 Å². The Balaban J connectivity index is 1.27.